The van der Waals surface area contributed by atoms with Crippen LogP contribution in [0.15, 0.2) is 6.20 Å². The van der Waals surface area contributed by atoms with Crippen molar-refractivity contribution in [2.24, 2.45) is 0 Å². The van der Waals surface area contributed by atoms with Gasteiger partial charge in [0.25, 0.3) is 0 Å². The summed E-state index contributed by atoms with van der Waals surface area (Å²) in [6, 6.07) is 0.563. The fraction of sp³-hybridized carbons (Fsp3) is 0.722. The highest BCUT2D eigenvalue weighted by Crippen LogP contribution is 2.16. The van der Waals surface area contributed by atoms with Gasteiger partial charge in [0.1, 0.15) is 5.82 Å². The molecule has 0 radical (unpaired) electrons. The van der Waals surface area contributed by atoms with Crippen molar-refractivity contribution in [2.45, 2.75) is 51.9 Å². The number of aromatic nitrogens is 2. The first-order valence-electron chi connectivity index (χ1n) is 9.55. The molecular formula is C18H28F6N4O5. The van der Waals surface area contributed by atoms with Crippen LogP contribution in [0.2, 0.25) is 0 Å². The summed E-state index contributed by atoms with van der Waals surface area (Å²) < 4.78 is 71.0. The number of rotatable bonds is 6. The molecule has 1 aliphatic rings. The second-order valence-corrected chi connectivity index (χ2v) is 7.20. The minimum absolute atomic E-state index is 0.563. The van der Waals surface area contributed by atoms with E-state index in [0.29, 0.717) is 6.04 Å². The van der Waals surface area contributed by atoms with Crippen molar-refractivity contribution >= 4 is 11.9 Å². The summed E-state index contributed by atoms with van der Waals surface area (Å²) in [4.78, 5) is 27.1. The number of halogens is 6. The monoisotopic (exact) mass is 494 g/mol. The molecule has 2 heterocycles. The topological polar surface area (TPSA) is 108 Å². The fourth-order valence-corrected chi connectivity index (χ4v) is 2.35. The molecule has 33 heavy (non-hydrogen) atoms. The van der Waals surface area contributed by atoms with E-state index in [0.717, 1.165) is 39.3 Å². The summed E-state index contributed by atoms with van der Waals surface area (Å²) in [5.41, 5.74) is 1.33. The smallest absolute Gasteiger partial charge is 0.475 e. The lowest BCUT2D eigenvalue weighted by Gasteiger charge is -2.29. The zero-order valence-corrected chi connectivity index (χ0v) is 18.6. The van der Waals surface area contributed by atoms with Gasteiger partial charge >= 0.3 is 24.3 Å². The molecular weight excluding hydrogens is 466 g/mol. The van der Waals surface area contributed by atoms with Gasteiger partial charge in [-0.1, -0.05) is 0 Å². The Bertz CT molecular complexity index is 728. The van der Waals surface area contributed by atoms with E-state index >= 15 is 0 Å². The van der Waals surface area contributed by atoms with Gasteiger partial charge < -0.3 is 19.5 Å². The van der Waals surface area contributed by atoms with Crippen molar-refractivity contribution in [1.82, 2.24) is 19.4 Å². The summed E-state index contributed by atoms with van der Waals surface area (Å²) in [6.45, 7) is 10.3. The van der Waals surface area contributed by atoms with Crippen LogP contribution in [-0.2, 0) is 34.0 Å². The molecule has 0 saturated heterocycles. The fourth-order valence-electron chi connectivity index (χ4n) is 2.35. The van der Waals surface area contributed by atoms with E-state index in [1.54, 1.807) is 7.11 Å². The Balaban J connectivity index is 0.000000605. The molecule has 0 spiro atoms. The number of fused-ring (bicyclic) bond motifs is 1. The van der Waals surface area contributed by atoms with Crippen molar-refractivity contribution in [3.8, 4) is 0 Å². The highest BCUT2D eigenvalue weighted by Gasteiger charge is 2.38. The number of carbonyl (C=O) groups is 2. The van der Waals surface area contributed by atoms with E-state index in [4.69, 9.17) is 24.5 Å². The van der Waals surface area contributed by atoms with Gasteiger partial charge in [-0.15, -0.1) is 0 Å². The van der Waals surface area contributed by atoms with E-state index in [-0.39, 0.29) is 0 Å². The minimum atomic E-state index is -5.08. The van der Waals surface area contributed by atoms with Gasteiger partial charge in [-0.2, -0.15) is 26.3 Å². The van der Waals surface area contributed by atoms with Crippen LogP contribution in [0.5, 0.6) is 0 Å². The van der Waals surface area contributed by atoms with Crippen LogP contribution in [0, 0.1) is 0 Å². The first-order chi connectivity index (χ1) is 15.0. The van der Waals surface area contributed by atoms with Crippen LogP contribution in [0.1, 0.15) is 25.4 Å². The van der Waals surface area contributed by atoms with Crippen molar-refractivity contribution in [3.05, 3.63) is 17.7 Å². The zero-order valence-electron chi connectivity index (χ0n) is 18.6. The number of nitrogens with zero attached hydrogens (tertiary/aromatic N) is 4. The summed E-state index contributed by atoms with van der Waals surface area (Å²) >= 11 is 0. The van der Waals surface area contributed by atoms with Gasteiger partial charge in [-0.25, -0.2) is 14.6 Å². The van der Waals surface area contributed by atoms with Gasteiger partial charge in [0.2, 0.25) is 0 Å². The van der Waals surface area contributed by atoms with Crippen molar-refractivity contribution in [2.75, 3.05) is 33.9 Å². The van der Waals surface area contributed by atoms with Crippen LogP contribution in [0.3, 0.4) is 0 Å². The van der Waals surface area contributed by atoms with E-state index in [1.807, 2.05) is 6.20 Å². The molecule has 9 nitrogen and oxygen atoms in total. The number of ether oxygens (including phenoxy) is 1. The average Bonchev–Trinajstić information content (AvgIpc) is 3.07. The van der Waals surface area contributed by atoms with Crippen LogP contribution in [-0.4, -0.2) is 93.8 Å². The van der Waals surface area contributed by atoms with Gasteiger partial charge in [0.15, 0.2) is 0 Å². The molecule has 2 rings (SSSR count). The lowest BCUT2D eigenvalue weighted by atomic mass is 10.3. The number of aliphatic carboxylic acids is 2. The summed E-state index contributed by atoms with van der Waals surface area (Å²) in [7, 11) is 3.92. The van der Waals surface area contributed by atoms with E-state index in [2.05, 4.69) is 40.2 Å². The third kappa shape index (κ3) is 11.9. The quantitative estimate of drug-likeness (QED) is 0.581. The number of hydrogen-bond acceptors (Lipinski definition) is 6. The van der Waals surface area contributed by atoms with E-state index < -0.39 is 24.3 Å². The zero-order chi connectivity index (χ0) is 26.0. The molecule has 0 bridgehead atoms. The van der Waals surface area contributed by atoms with Crippen LogP contribution >= 0.6 is 0 Å². The predicted molar refractivity (Wildman–Crippen MR) is 103 cm³/mol. The van der Waals surface area contributed by atoms with Gasteiger partial charge in [-0.3, -0.25) is 9.80 Å². The van der Waals surface area contributed by atoms with Gasteiger partial charge in [0, 0.05) is 45.5 Å². The Labute approximate surface area is 186 Å². The molecule has 0 fully saturated rings. The van der Waals surface area contributed by atoms with Crippen molar-refractivity contribution in [1.29, 1.82) is 0 Å². The lowest BCUT2D eigenvalue weighted by molar-refractivity contribution is -0.193. The Hall–Kier alpha value is -2.39. The molecule has 1 aromatic rings. The molecule has 192 valence electrons. The first-order valence-corrected chi connectivity index (χ1v) is 9.55. The van der Waals surface area contributed by atoms with Crippen LogP contribution in [0.25, 0.3) is 0 Å². The maximum atomic E-state index is 10.6. The normalized spacial score (nSPS) is 14.2. The van der Waals surface area contributed by atoms with Gasteiger partial charge in [0.05, 0.1) is 18.8 Å². The molecule has 0 atom stereocenters. The highest BCUT2D eigenvalue weighted by atomic mass is 19.4. The maximum Gasteiger partial charge on any atom is 0.490 e. The SMILES string of the molecule is COCCN1CCn2c(CN(C)C(C)C)cnc2C1.O=C(O)C(F)(F)F.O=C(O)C(F)(F)F. The van der Waals surface area contributed by atoms with Crippen molar-refractivity contribution < 1.29 is 50.9 Å². The lowest BCUT2D eigenvalue weighted by Crippen LogP contribution is -2.37. The predicted octanol–water partition coefficient (Wildman–Crippen LogP) is 2.45. The van der Waals surface area contributed by atoms with Crippen LogP contribution < -0.4 is 0 Å². The maximum absolute atomic E-state index is 10.6. The molecule has 0 aromatic carbocycles. The minimum Gasteiger partial charge on any atom is -0.475 e. The summed E-state index contributed by atoms with van der Waals surface area (Å²) in [6.07, 6.45) is -8.13. The number of hydrogen-bond donors (Lipinski definition) is 2. The third-order valence-electron chi connectivity index (χ3n) is 4.42. The van der Waals surface area contributed by atoms with Gasteiger partial charge in [-0.05, 0) is 20.9 Å². The Morgan fingerprint density at radius 3 is 2.00 bits per heavy atom. The third-order valence-corrected chi connectivity index (χ3v) is 4.42. The number of carboxylic acids is 2. The number of alkyl halides is 6. The van der Waals surface area contributed by atoms with Crippen molar-refractivity contribution in [3.63, 3.8) is 0 Å². The average molecular weight is 494 g/mol. The van der Waals surface area contributed by atoms with E-state index in [9.17, 15) is 26.3 Å². The first kappa shape index (κ1) is 30.6. The molecule has 2 N–H and O–H groups in total. The molecule has 0 unspecified atom stereocenters. The van der Waals surface area contributed by atoms with E-state index in [1.165, 1.54) is 11.5 Å². The van der Waals surface area contributed by atoms with Crippen LogP contribution in [0.4, 0.5) is 26.3 Å². The Morgan fingerprint density at radius 1 is 1.12 bits per heavy atom. The number of methoxy groups -OCH3 is 1. The molecule has 0 saturated carbocycles. The number of imidazole rings is 1. The second-order valence-electron chi connectivity index (χ2n) is 7.20. The molecule has 0 amide bonds. The summed E-state index contributed by atoms with van der Waals surface area (Å²) in [5, 5.41) is 14.2. The highest BCUT2D eigenvalue weighted by molar-refractivity contribution is 5.73. The standard InChI is InChI=1S/C14H26N4O.2C2HF3O2/c1-12(2)16(3)10-13-9-15-14-11-17(7-8-19-4)5-6-18(13)14;2*3-2(4,5)1(6)7/h9,12H,5-8,10-11H2,1-4H3;2*(H,6,7). The Kier molecular flexibility index (Phi) is 12.4. The molecule has 0 aliphatic carbocycles. The Morgan fingerprint density at radius 2 is 1.61 bits per heavy atom. The number of carboxylic acid groups (broad SMARTS) is 2. The molecule has 1 aliphatic heterocycles. The summed E-state index contributed by atoms with van der Waals surface area (Å²) in [5.74, 6) is -4.32. The molecule has 1 aromatic heterocycles. The second kappa shape index (κ2) is 13.3. The largest absolute Gasteiger partial charge is 0.490 e. The molecule has 15 heteroatoms.